The van der Waals surface area contributed by atoms with E-state index in [0.29, 0.717) is 12.2 Å². The monoisotopic (exact) mass is 335 g/mol. The van der Waals surface area contributed by atoms with Gasteiger partial charge in [-0.3, -0.25) is 0 Å². The molecule has 0 saturated heterocycles. The van der Waals surface area contributed by atoms with Crippen LogP contribution in [0.2, 0.25) is 0 Å². The predicted octanol–water partition coefficient (Wildman–Crippen LogP) is 1.58. The molecule has 8 heteroatoms. The Labute approximate surface area is 136 Å². The number of sulfonamides is 1. The minimum absolute atomic E-state index is 0.155. The Balaban J connectivity index is 2.04. The number of hydrogen-bond acceptors (Lipinski definition) is 6. The lowest BCUT2D eigenvalue weighted by Gasteiger charge is -2.19. The highest BCUT2D eigenvalue weighted by Crippen LogP contribution is 2.14. The fraction of sp³-hybridized carbons (Fsp3) is 0.333. The Hall–Kier alpha value is -2.19. The number of anilines is 2. The van der Waals surface area contributed by atoms with E-state index in [4.69, 9.17) is 5.14 Å². The minimum Gasteiger partial charge on any atom is -0.381 e. The molecule has 0 aliphatic rings. The average molecular weight is 335 g/mol. The second-order valence-electron chi connectivity index (χ2n) is 4.98. The summed E-state index contributed by atoms with van der Waals surface area (Å²) in [5.74, 6) is 0.944. The third-order valence-corrected chi connectivity index (χ3v) is 4.23. The number of nitrogens with zero attached hydrogens (tertiary/aromatic N) is 3. The zero-order chi connectivity index (χ0) is 16.9. The first-order chi connectivity index (χ1) is 10.9. The zero-order valence-electron chi connectivity index (χ0n) is 13.2. The SMILES string of the molecule is CCN(CC)c1ccc(CNc2ccnc(S(N)(=O)=O)c2)cn1. The molecule has 3 N–H and O–H groups in total. The molecule has 124 valence electrons. The van der Waals surface area contributed by atoms with Crippen LogP contribution in [0.25, 0.3) is 0 Å². The van der Waals surface area contributed by atoms with Gasteiger partial charge in [0, 0.05) is 43.8 Å². The molecular formula is C15H21N5O2S. The first-order valence-electron chi connectivity index (χ1n) is 7.36. The summed E-state index contributed by atoms with van der Waals surface area (Å²) in [4.78, 5) is 10.4. The Morgan fingerprint density at radius 2 is 1.91 bits per heavy atom. The lowest BCUT2D eigenvalue weighted by molar-refractivity contribution is 0.594. The van der Waals surface area contributed by atoms with Crippen molar-refractivity contribution in [2.75, 3.05) is 23.3 Å². The van der Waals surface area contributed by atoms with Gasteiger partial charge in [-0.15, -0.1) is 0 Å². The van der Waals surface area contributed by atoms with Gasteiger partial charge >= 0.3 is 0 Å². The maximum atomic E-state index is 11.3. The topological polar surface area (TPSA) is 101 Å². The standard InChI is InChI=1S/C15H21N5O2S/c1-3-20(4-2)14-6-5-12(11-19-14)10-18-13-7-8-17-15(9-13)23(16,21)22/h5-9,11H,3-4,10H2,1-2H3,(H,17,18)(H2,16,21,22). The van der Waals surface area contributed by atoms with Gasteiger partial charge in [0.1, 0.15) is 5.82 Å². The highest BCUT2D eigenvalue weighted by Gasteiger charge is 2.09. The molecule has 2 aromatic heterocycles. The van der Waals surface area contributed by atoms with Crippen molar-refractivity contribution in [3.8, 4) is 0 Å². The predicted molar refractivity (Wildman–Crippen MR) is 90.7 cm³/mol. The zero-order valence-corrected chi connectivity index (χ0v) is 14.0. The summed E-state index contributed by atoms with van der Waals surface area (Å²) in [5.41, 5.74) is 1.63. The van der Waals surface area contributed by atoms with E-state index >= 15 is 0 Å². The van der Waals surface area contributed by atoms with Gasteiger partial charge in [0.05, 0.1) is 0 Å². The van der Waals surface area contributed by atoms with E-state index in [2.05, 4.69) is 34.0 Å². The molecule has 2 aromatic rings. The van der Waals surface area contributed by atoms with Crippen LogP contribution < -0.4 is 15.4 Å². The van der Waals surface area contributed by atoms with Crippen LogP contribution in [0.1, 0.15) is 19.4 Å². The van der Waals surface area contributed by atoms with E-state index in [1.807, 2.05) is 18.3 Å². The lowest BCUT2D eigenvalue weighted by atomic mass is 10.2. The number of hydrogen-bond donors (Lipinski definition) is 2. The van der Waals surface area contributed by atoms with Gasteiger partial charge in [-0.05, 0) is 31.5 Å². The van der Waals surface area contributed by atoms with Crippen LogP contribution >= 0.6 is 0 Å². The summed E-state index contributed by atoms with van der Waals surface area (Å²) < 4.78 is 22.6. The van der Waals surface area contributed by atoms with Crippen LogP contribution in [-0.2, 0) is 16.6 Å². The Morgan fingerprint density at radius 1 is 1.17 bits per heavy atom. The Bertz CT molecular complexity index is 743. The number of primary sulfonamides is 1. The molecule has 0 aromatic carbocycles. The fourth-order valence-corrected chi connectivity index (χ4v) is 2.63. The smallest absolute Gasteiger partial charge is 0.255 e. The van der Waals surface area contributed by atoms with Crippen molar-refractivity contribution in [2.45, 2.75) is 25.4 Å². The third-order valence-electron chi connectivity index (χ3n) is 3.42. The van der Waals surface area contributed by atoms with Gasteiger partial charge in [-0.1, -0.05) is 6.07 Å². The number of nitrogens with two attached hydrogens (primary N) is 1. The van der Waals surface area contributed by atoms with Crippen molar-refractivity contribution >= 4 is 21.5 Å². The molecule has 0 atom stereocenters. The summed E-state index contributed by atoms with van der Waals surface area (Å²) in [5, 5.41) is 8.05. The van der Waals surface area contributed by atoms with Gasteiger partial charge in [0.25, 0.3) is 10.0 Å². The summed E-state index contributed by atoms with van der Waals surface area (Å²) >= 11 is 0. The van der Waals surface area contributed by atoms with Crippen LogP contribution in [0, 0.1) is 0 Å². The van der Waals surface area contributed by atoms with Crippen molar-refractivity contribution in [3.05, 3.63) is 42.2 Å². The summed E-state index contributed by atoms with van der Waals surface area (Å²) in [6.07, 6.45) is 3.21. The lowest BCUT2D eigenvalue weighted by Crippen LogP contribution is -2.22. The number of aromatic nitrogens is 2. The first-order valence-corrected chi connectivity index (χ1v) is 8.91. The molecule has 0 aliphatic carbocycles. The van der Waals surface area contributed by atoms with Gasteiger partial charge < -0.3 is 10.2 Å². The molecule has 0 amide bonds. The molecular weight excluding hydrogens is 314 g/mol. The highest BCUT2D eigenvalue weighted by atomic mass is 32.2. The molecule has 0 fully saturated rings. The van der Waals surface area contributed by atoms with Crippen molar-refractivity contribution < 1.29 is 8.42 Å². The minimum atomic E-state index is -3.80. The first kappa shape index (κ1) is 17.2. The maximum Gasteiger partial charge on any atom is 0.255 e. The Morgan fingerprint density at radius 3 is 2.48 bits per heavy atom. The van der Waals surface area contributed by atoms with Crippen molar-refractivity contribution in [3.63, 3.8) is 0 Å². The Kier molecular flexibility index (Phi) is 5.51. The van der Waals surface area contributed by atoms with E-state index < -0.39 is 10.0 Å². The van der Waals surface area contributed by atoms with Crippen molar-refractivity contribution in [2.24, 2.45) is 5.14 Å². The molecule has 0 bridgehead atoms. The molecule has 0 unspecified atom stereocenters. The molecule has 0 radical (unpaired) electrons. The highest BCUT2D eigenvalue weighted by molar-refractivity contribution is 7.89. The van der Waals surface area contributed by atoms with Crippen LogP contribution in [-0.4, -0.2) is 31.5 Å². The summed E-state index contributed by atoms with van der Waals surface area (Å²) in [6.45, 7) is 6.53. The molecule has 23 heavy (non-hydrogen) atoms. The van der Waals surface area contributed by atoms with Crippen LogP contribution in [0.3, 0.4) is 0 Å². The summed E-state index contributed by atoms with van der Waals surface area (Å²) in [7, 11) is -3.80. The van der Waals surface area contributed by atoms with Crippen LogP contribution in [0.15, 0.2) is 41.7 Å². The average Bonchev–Trinajstić information content (AvgIpc) is 2.55. The van der Waals surface area contributed by atoms with Crippen LogP contribution in [0.4, 0.5) is 11.5 Å². The second-order valence-corrected chi connectivity index (χ2v) is 6.49. The second kappa shape index (κ2) is 7.38. The molecule has 7 nitrogen and oxygen atoms in total. The van der Waals surface area contributed by atoms with Gasteiger partial charge in [0.2, 0.25) is 0 Å². The van der Waals surface area contributed by atoms with Gasteiger partial charge in [-0.25, -0.2) is 23.5 Å². The van der Waals surface area contributed by atoms with E-state index in [-0.39, 0.29) is 5.03 Å². The number of nitrogens with one attached hydrogen (secondary N) is 1. The van der Waals surface area contributed by atoms with E-state index in [1.54, 1.807) is 6.07 Å². The normalized spacial score (nSPS) is 11.3. The molecule has 0 aliphatic heterocycles. The summed E-state index contributed by atoms with van der Waals surface area (Å²) in [6, 6.07) is 7.07. The van der Waals surface area contributed by atoms with Crippen molar-refractivity contribution in [1.29, 1.82) is 0 Å². The molecule has 0 spiro atoms. The van der Waals surface area contributed by atoms with Crippen LogP contribution in [0.5, 0.6) is 0 Å². The molecule has 2 heterocycles. The third kappa shape index (κ3) is 4.64. The largest absolute Gasteiger partial charge is 0.381 e. The maximum absolute atomic E-state index is 11.3. The van der Waals surface area contributed by atoms with E-state index in [1.165, 1.54) is 12.3 Å². The number of rotatable bonds is 7. The van der Waals surface area contributed by atoms with Gasteiger partial charge in [-0.2, -0.15) is 0 Å². The molecule has 2 rings (SSSR count). The van der Waals surface area contributed by atoms with E-state index in [0.717, 1.165) is 24.5 Å². The van der Waals surface area contributed by atoms with E-state index in [9.17, 15) is 8.42 Å². The fourth-order valence-electron chi connectivity index (χ4n) is 2.14. The van der Waals surface area contributed by atoms with Crippen molar-refractivity contribution in [1.82, 2.24) is 9.97 Å². The molecule has 0 saturated carbocycles. The van der Waals surface area contributed by atoms with Gasteiger partial charge in [0.15, 0.2) is 5.03 Å². The number of pyridine rings is 2. The quantitative estimate of drug-likeness (QED) is 0.796.